The van der Waals surface area contributed by atoms with Crippen molar-refractivity contribution in [3.05, 3.63) is 35.3 Å². The first-order chi connectivity index (χ1) is 11.5. The number of hydrogen-bond acceptors (Lipinski definition) is 6. The summed E-state index contributed by atoms with van der Waals surface area (Å²) in [6.45, 7) is -3.01. The Hall–Kier alpha value is -2.26. The van der Waals surface area contributed by atoms with Gasteiger partial charge in [0.2, 0.25) is 0 Å². The fourth-order valence-electron chi connectivity index (χ4n) is 2.25. The lowest BCUT2D eigenvalue weighted by Crippen LogP contribution is -2.04. The molecule has 24 heavy (non-hydrogen) atoms. The number of para-hydroxylation sites is 1. The van der Waals surface area contributed by atoms with Gasteiger partial charge in [-0.05, 0) is 12.3 Å². The normalized spacial score (nSPS) is 11.2. The zero-order valence-electron chi connectivity index (χ0n) is 12.2. The first-order valence-corrected chi connectivity index (χ1v) is 8.66. The Kier molecular flexibility index (Phi) is 4.63. The molecule has 0 bridgehead atoms. The molecule has 2 aromatic heterocycles. The van der Waals surface area contributed by atoms with E-state index in [2.05, 4.69) is 14.7 Å². The lowest BCUT2D eigenvalue weighted by atomic mass is 10.0. The molecule has 3 aromatic rings. The topological polar surface area (TPSA) is 72.3 Å². The predicted octanol–water partition coefficient (Wildman–Crippen LogP) is 4.38. The van der Waals surface area contributed by atoms with Crippen LogP contribution in [-0.4, -0.2) is 33.9 Å². The quantitative estimate of drug-likeness (QED) is 0.532. The summed E-state index contributed by atoms with van der Waals surface area (Å²) in [4.78, 5) is 20.1. The van der Waals surface area contributed by atoms with E-state index in [9.17, 15) is 18.7 Å². The maximum atomic E-state index is 12.7. The molecule has 2 heterocycles. The molecule has 1 aromatic carbocycles. The molecule has 0 radical (unpaired) electrons. The van der Waals surface area contributed by atoms with E-state index in [1.54, 1.807) is 18.4 Å². The van der Waals surface area contributed by atoms with Gasteiger partial charge < -0.3 is 9.84 Å². The van der Waals surface area contributed by atoms with E-state index < -0.39 is 12.6 Å². The Morgan fingerprint density at radius 2 is 2.12 bits per heavy atom. The molecule has 0 atom stereocenters. The van der Waals surface area contributed by atoms with Crippen molar-refractivity contribution < 1.29 is 23.4 Å². The van der Waals surface area contributed by atoms with E-state index in [-0.39, 0.29) is 21.8 Å². The minimum atomic E-state index is -3.01. The highest BCUT2D eigenvalue weighted by atomic mass is 32.2. The second kappa shape index (κ2) is 6.70. The number of rotatable bonds is 5. The van der Waals surface area contributed by atoms with Crippen LogP contribution in [0.15, 0.2) is 35.6 Å². The maximum absolute atomic E-state index is 12.7. The van der Waals surface area contributed by atoms with Gasteiger partial charge in [-0.15, -0.1) is 11.3 Å². The van der Waals surface area contributed by atoms with Gasteiger partial charge in [0.15, 0.2) is 5.16 Å². The third-order valence-electron chi connectivity index (χ3n) is 3.16. The van der Waals surface area contributed by atoms with Gasteiger partial charge in [0, 0.05) is 17.3 Å². The van der Waals surface area contributed by atoms with Gasteiger partial charge in [-0.1, -0.05) is 30.0 Å². The maximum Gasteiger partial charge on any atom is 0.387 e. The number of alkyl halides is 2. The van der Waals surface area contributed by atoms with Gasteiger partial charge in [0.25, 0.3) is 0 Å². The van der Waals surface area contributed by atoms with E-state index in [1.165, 1.54) is 30.1 Å². The average Bonchev–Trinajstić information content (AvgIpc) is 2.93. The molecular weight excluding hydrogens is 358 g/mol. The third kappa shape index (κ3) is 3.04. The fraction of sp³-hybridized carbons (Fsp3) is 0.133. The predicted molar refractivity (Wildman–Crippen MR) is 88.2 cm³/mol. The Bertz CT molecular complexity index is 915. The van der Waals surface area contributed by atoms with Crippen molar-refractivity contribution in [2.75, 3.05) is 6.26 Å². The van der Waals surface area contributed by atoms with Crippen LogP contribution >= 0.6 is 23.1 Å². The number of ether oxygens (including phenoxy) is 1. The highest BCUT2D eigenvalue weighted by Crippen LogP contribution is 2.42. The minimum absolute atomic E-state index is 0.00266. The second-order valence-corrected chi connectivity index (χ2v) is 6.38. The molecule has 0 saturated heterocycles. The summed E-state index contributed by atoms with van der Waals surface area (Å²) in [6, 6.07) is 6.07. The zero-order valence-corrected chi connectivity index (χ0v) is 13.8. The lowest BCUT2D eigenvalue weighted by molar-refractivity contribution is -0.0494. The van der Waals surface area contributed by atoms with Crippen LogP contribution in [0.3, 0.4) is 0 Å². The molecule has 124 valence electrons. The summed E-state index contributed by atoms with van der Waals surface area (Å²) in [7, 11) is 0. The first-order valence-electron chi connectivity index (χ1n) is 6.62. The SMILES string of the molecule is CSc1ncc2sc(C(=O)O)c(-c3ccccc3OC(F)F)c2n1. The van der Waals surface area contributed by atoms with Crippen LogP contribution < -0.4 is 4.74 Å². The number of benzene rings is 1. The van der Waals surface area contributed by atoms with E-state index >= 15 is 0 Å². The number of thioether (sulfide) groups is 1. The molecule has 3 rings (SSSR count). The number of fused-ring (bicyclic) bond motifs is 1. The highest BCUT2D eigenvalue weighted by Gasteiger charge is 2.24. The number of halogens is 2. The van der Waals surface area contributed by atoms with Crippen molar-refractivity contribution in [1.29, 1.82) is 0 Å². The number of nitrogens with zero attached hydrogens (tertiary/aromatic N) is 2. The molecule has 0 amide bonds. The van der Waals surface area contributed by atoms with Gasteiger partial charge in [-0.2, -0.15) is 8.78 Å². The molecule has 0 unspecified atom stereocenters. The summed E-state index contributed by atoms with van der Waals surface area (Å²) in [5, 5.41) is 9.96. The zero-order chi connectivity index (χ0) is 17.3. The Labute approximate surface area is 143 Å². The van der Waals surface area contributed by atoms with E-state index in [0.29, 0.717) is 15.4 Å². The van der Waals surface area contributed by atoms with Gasteiger partial charge in [-0.3, -0.25) is 0 Å². The van der Waals surface area contributed by atoms with E-state index in [4.69, 9.17) is 0 Å². The van der Waals surface area contributed by atoms with Crippen LogP contribution in [0.4, 0.5) is 8.78 Å². The van der Waals surface area contributed by atoms with Crippen molar-refractivity contribution in [3.63, 3.8) is 0 Å². The number of aromatic nitrogens is 2. The summed E-state index contributed by atoms with van der Waals surface area (Å²) in [5.74, 6) is -1.26. The first kappa shape index (κ1) is 16.6. The Morgan fingerprint density at radius 1 is 1.38 bits per heavy atom. The second-order valence-electron chi connectivity index (χ2n) is 4.56. The number of aromatic carboxylic acids is 1. The molecule has 9 heteroatoms. The monoisotopic (exact) mass is 368 g/mol. The number of hydrogen-bond donors (Lipinski definition) is 1. The van der Waals surface area contributed by atoms with Crippen molar-refractivity contribution in [1.82, 2.24) is 9.97 Å². The van der Waals surface area contributed by atoms with Gasteiger partial charge >= 0.3 is 12.6 Å². The summed E-state index contributed by atoms with van der Waals surface area (Å²) < 4.78 is 30.4. The summed E-state index contributed by atoms with van der Waals surface area (Å²) in [5.41, 5.74) is 0.922. The van der Waals surface area contributed by atoms with E-state index in [1.807, 2.05) is 0 Å². The van der Waals surface area contributed by atoms with Crippen molar-refractivity contribution >= 4 is 39.3 Å². The third-order valence-corrected chi connectivity index (χ3v) is 4.82. The van der Waals surface area contributed by atoms with Crippen LogP contribution in [0.5, 0.6) is 5.75 Å². The largest absolute Gasteiger partial charge is 0.477 e. The highest BCUT2D eigenvalue weighted by molar-refractivity contribution is 7.98. The molecule has 0 aliphatic rings. The fourth-order valence-corrected chi connectivity index (χ4v) is 3.55. The Balaban J connectivity index is 2.32. The molecule has 0 aliphatic carbocycles. The Morgan fingerprint density at radius 3 is 2.79 bits per heavy atom. The number of carboxylic acids is 1. The molecule has 0 saturated carbocycles. The van der Waals surface area contributed by atoms with Crippen LogP contribution in [0.2, 0.25) is 0 Å². The molecular formula is C15H10F2N2O3S2. The molecule has 0 fully saturated rings. The smallest absolute Gasteiger partial charge is 0.387 e. The number of thiophene rings is 1. The molecule has 0 spiro atoms. The lowest BCUT2D eigenvalue weighted by Gasteiger charge is -2.10. The average molecular weight is 368 g/mol. The van der Waals surface area contributed by atoms with Crippen LogP contribution in [0.1, 0.15) is 9.67 Å². The standard InChI is InChI=1S/C15H10F2N2O3S2/c1-23-15-18-6-9-11(19-15)10(12(24-9)13(20)21)7-4-2-3-5-8(7)22-14(16)17/h2-6,14H,1H3,(H,20,21). The van der Waals surface area contributed by atoms with Gasteiger partial charge in [0.05, 0.1) is 10.2 Å². The van der Waals surface area contributed by atoms with Crippen molar-refractivity contribution in [2.24, 2.45) is 0 Å². The minimum Gasteiger partial charge on any atom is -0.477 e. The van der Waals surface area contributed by atoms with Crippen LogP contribution in [-0.2, 0) is 0 Å². The molecule has 1 N–H and O–H groups in total. The van der Waals surface area contributed by atoms with Gasteiger partial charge in [-0.25, -0.2) is 14.8 Å². The number of carboxylic acid groups (broad SMARTS) is 1. The molecule has 5 nitrogen and oxygen atoms in total. The number of carbonyl (C=O) groups is 1. The van der Waals surface area contributed by atoms with Crippen LogP contribution in [0, 0.1) is 0 Å². The summed E-state index contributed by atoms with van der Waals surface area (Å²) in [6.07, 6.45) is 3.32. The van der Waals surface area contributed by atoms with Crippen molar-refractivity contribution in [2.45, 2.75) is 11.8 Å². The van der Waals surface area contributed by atoms with Gasteiger partial charge in [0.1, 0.15) is 10.6 Å². The van der Waals surface area contributed by atoms with Crippen LogP contribution in [0.25, 0.3) is 21.3 Å². The molecule has 0 aliphatic heterocycles. The van der Waals surface area contributed by atoms with Crippen molar-refractivity contribution in [3.8, 4) is 16.9 Å². The van der Waals surface area contributed by atoms with E-state index in [0.717, 1.165) is 11.3 Å². The summed E-state index contributed by atoms with van der Waals surface area (Å²) >= 11 is 2.30.